The van der Waals surface area contributed by atoms with Crippen molar-refractivity contribution in [3.63, 3.8) is 0 Å². The minimum atomic E-state index is -0.207. The highest BCUT2D eigenvalue weighted by Gasteiger charge is 2.10. The number of ether oxygens (including phenoxy) is 2. The largest absolute Gasteiger partial charge is 0.493 e. The van der Waals surface area contributed by atoms with Gasteiger partial charge in [-0.3, -0.25) is 14.2 Å². The molecule has 0 aliphatic rings. The van der Waals surface area contributed by atoms with Gasteiger partial charge in [0.05, 0.1) is 30.8 Å². The predicted octanol–water partition coefficient (Wildman–Crippen LogP) is 4.04. The fourth-order valence-corrected chi connectivity index (χ4v) is 3.92. The molecule has 0 unspecified atom stereocenters. The third kappa shape index (κ3) is 4.65. The normalized spacial score (nSPS) is 10.7. The monoisotopic (exact) mass is 461 g/mol. The van der Waals surface area contributed by atoms with Crippen LogP contribution in [-0.4, -0.2) is 36.2 Å². The maximum absolute atomic E-state index is 12.9. The van der Waals surface area contributed by atoms with E-state index in [4.69, 9.17) is 21.7 Å². The minimum absolute atomic E-state index is 0.196. The van der Waals surface area contributed by atoms with Crippen LogP contribution in [0, 0.1) is 4.77 Å². The Balaban J connectivity index is 1.46. The van der Waals surface area contributed by atoms with Crippen LogP contribution in [0.1, 0.15) is 15.9 Å². The summed E-state index contributed by atoms with van der Waals surface area (Å²) >= 11 is 5.38. The first-order chi connectivity index (χ1) is 16.0. The zero-order valence-corrected chi connectivity index (χ0v) is 19.1. The van der Waals surface area contributed by atoms with Crippen molar-refractivity contribution >= 4 is 29.0 Å². The molecule has 0 aliphatic heterocycles. The Bertz CT molecular complexity index is 1420. The molecule has 0 fully saturated rings. The Kier molecular flexibility index (Phi) is 6.55. The molecule has 4 rings (SSSR count). The van der Waals surface area contributed by atoms with Crippen molar-refractivity contribution < 1.29 is 14.3 Å². The number of amides is 1. The van der Waals surface area contributed by atoms with E-state index < -0.39 is 0 Å². The number of carbonyl (C=O) groups excluding carboxylic acids is 1. The Labute approximate surface area is 195 Å². The molecule has 0 aliphatic carbocycles. The second-order valence-electron chi connectivity index (χ2n) is 7.36. The lowest BCUT2D eigenvalue weighted by Gasteiger charge is -2.11. The molecule has 33 heavy (non-hydrogen) atoms. The van der Waals surface area contributed by atoms with Gasteiger partial charge in [-0.15, -0.1) is 0 Å². The molecule has 1 heterocycles. The Morgan fingerprint density at radius 3 is 2.45 bits per heavy atom. The van der Waals surface area contributed by atoms with E-state index in [1.54, 1.807) is 50.6 Å². The van der Waals surface area contributed by atoms with Gasteiger partial charge in [-0.2, -0.15) is 0 Å². The van der Waals surface area contributed by atoms with Crippen molar-refractivity contribution in [3.8, 4) is 17.2 Å². The molecule has 0 bridgehead atoms. The SMILES string of the molecule is COc1ccc(CCNC(=O)c2ccc(-n3c(=S)[nH]c4ccccc4c3=O)cc2)cc1OC. The molecular formula is C25H23N3O4S. The van der Waals surface area contributed by atoms with E-state index in [9.17, 15) is 9.59 Å². The van der Waals surface area contributed by atoms with Crippen molar-refractivity contribution in [1.82, 2.24) is 14.9 Å². The first kappa shape index (κ1) is 22.3. The molecule has 2 N–H and O–H groups in total. The highest BCUT2D eigenvalue weighted by molar-refractivity contribution is 7.71. The van der Waals surface area contributed by atoms with Crippen LogP contribution < -0.4 is 20.3 Å². The Morgan fingerprint density at radius 1 is 1.00 bits per heavy atom. The van der Waals surface area contributed by atoms with Gasteiger partial charge in [0.15, 0.2) is 16.3 Å². The number of nitrogens with one attached hydrogen (secondary N) is 2. The number of aromatic amines is 1. The van der Waals surface area contributed by atoms with Gasteiger partial charge >= 0.3 is 0 Å². The van der Waals surface area contributed by atoms with Crippen molar-refractivity contribution in [2.24, 2.45) is 0 Å². The van der Waals surface area contributed by atoms with E-state index in [0.29, 0.717) is 51.4 Å². The summed E-state index contributed by atoms with van der Waals surface area (Å²) in [5.41, 5.74) is 2.59. The fourth-order valence-electron chi connectivity index (χ4n) is 3.62. The van der Waals surface area contributed by atoms with Crippen LogP contribution in [0.15, 0.2) is 71.5 Å². The van der Waals surface area contributed by atoms with Crippen molar-refractivity contribution in [1.29, 1.82) is 0 Å². The molecule has 0 spiro atoms. The zero-order chi connectivity index (χ0) is 23.4. The molecular weight excluding hydrogens is 438 g/mol. The van der Waals surface area contributed by atoms with Crippen LogP contribution in [0.3, 0.4) is 0 Å². The van der Waals surface area contributed by atoms with Gasteiger partial charge in [-0.1, -0.05) is 18.2 Å². The van der Waals surface area contributed by atoms with Crippen LogP contribution in [0.25, 0.3) is 16.6 Å². The number of nitrogens with zero attached hydrogens (tertiary/aromatic N) is 1. The lowest BCUT2D eigenvalue weighted by Crippen LogP contribution is -2.26. The summed E-state index contributed by atoms with van der Waals surface area (Å²) in [5.74, 6) is 1.12. The average Bonchev–Trinajstić information content (AvgIpc) is 2.84. The number of hydrogen-bond acceptors (Lipinski definition) is 5. The molecule has 0 saturated carbocycles. The van der Waals surface area contributed by atoms with E-state index in [-0.39, 0.29) is 11.5 Å². The number of para-hydroxylation sites is 1. The molecule has 168 valence electrons. The van der Waals surface area contributed by atoms with Gasteiger partial charge in [0.1, 0.15) is 0 Å². The number of hydrogen-bond donors (Lipinski definition) is 2. The van der Waals surface area contributed by atoms with Crippen molar-refractivity contribution in [2.75, 3.05) is 20.8 Å². The molecule has 0 radical (unpaired) electrons. The third-order valence-corrected chi connectivity index (χ3v) is 5.62. The summed E-state index contributed by atoms with van der Waals surface area (Å²) in [6.45, 7) is 0.464. The summed E-state index contributed by atoms with van der Waals surface area (Å²) in [7, 11) is 3.18. The first-order valence-electron chi connectivity index (χ1n) is 10.4. The fraction of sp³-hybridized carbons (Fsp3) is 0.160. The minimum Gasteiger partial charge on any atom is -0.493 e. The van der Waals surface area contributed by atoms with E-state index in [2.05, 4.69) is 10.3 Å². The van der Waals surface area contributed by atoms with Crippen LogP contribution in [-0.2, 0) is 6.42 Å². The van der Waals surface area contributed by atoms with Crippen LogP contribution in [0.4, 0.5) is 0 Å². The number of benzene rings is 3. The molecule has 0 saturated heterocycles. The summed E-state index contributed by atoms with van der Waals surface area (Å²) in [4.78, 5) is 28.6. The first-order valence-corrected chi connectivity index (χ1v) is 10.8. The second-order valence-corrected chi connectivity index (χ2v) is 7.75. The van der Waals surface area contributed by atoms with Gasteiger partial charge in [-0.25, -0.2) is 0 Å². The molecule has 0 atom stereocenters. The van der Waals surface area contributed by atoms with Gasteiger partial charge in [0, 0.05) is 12.1 Å². The molecule has 1 aromatic heterocycles. The molecule has 8 heteroatoms. The van der Waals surface area contributed by atoms with E-state index in [1.807, 2.05) is 30.3 Å². The summed E-state index contributed by atoms with van der Waals surface area (Å²) in [5, 5.41) is 3.46. The highest BCUT2D eigenvalue weighted by atomic mass is 32.1. The molecule has 3 aromatic carbocycles. The van der Waals surface area contributed by atoms with E-state index in [0.717, 1.165) is 5.56 Å². The lowest BCUT2D eigenvalue weighted by atomic mass is 10.1. The van der Waals surface area contributed by atoms with Crippen LogP contribution in [0.5, 0.6) is 11.5 Å². The van der Waals surface area contributed by atoms with Gasteiger partial charge in [0.25, 0.3) is 11.5 Å². The summed E-state index contributed by atoms with van der Waals surface area (Å²) in [6.07, 6.45) is 0.645. The van der Waals surface area contributed by atoms with Gasteiger partial charge in [0.2, 0.25) is 0 Å². The van der Waals surface area contributed by atoms with Crippen molar-refractivity contribution in [3.05, 3.63) is 93.0 Å². The quantitative estimate of drug-likeness (QED) is 0.406. The van der Waals surface area contributed by atoms with Crippen molar-refractivity contribution in [2.45, 2.75) is 6.42 Å². The Morgan fingerprint density at radius 2 is 1.73 bits per heavy atom. The summed E-state index contributed by atoms with van der Waals surface area (Å²) in [6, 6.07) is 19.7. The van der Waals surface area contributed by atoms with E-state index >= 15 is 0 Å². The number of rotatable bonds is 7. The lowest BCUT2D eigenvalue weighted by molar-refractivity contribution is 0.0954. The number of H-pyrrole nitrogens is 1. The number of fused-ring (bicyclic) bond motifs is 1. The average molecular weight is 462 g/mol. The number of carbonyl (C=O) groups is 1. The maximum Gasteiger partial charge on any atom is 0.266 e. The number of methoxy groups -OCH3 is 2. The predicted molar refractivity (Wildman–Crippen MR) is 130 cm³/mol. The number of aromatic nitrogens is 2. The molecule has 4 aromatic rings. The molecule has 7 nitrogen and oxygen atoms in total. The summed E-state index contributed by atoms with van der Waals surface area (Å²) < 4.78 is 12.3. The second kappa shape index (κ2) is 9.70. The van der Waals surface area contributed by atoms with Gasteiger partial charge in [-0.05, 0) is 72.7 Å². The van der Waals surface area contributed by atoms with E-state index in [1.165, 1.54) is 4.57 Å². The highest BCUT2D eigenvalue weighted by Crippen LogP contribution is 2.27. The zero-order valence-electron chi connectivity index (χ0n) is 18.3. The maximum atomic E-state index is 12.9. The standard InChI is InChI=1S/C25H23N3O4S/c1-31-21-12-7-16(15-22(21)32-2)13-14-26-23(29)17-8-10-18(11-9-17)28-24(30)19-5-3-4-6-20(19)27-25(28)33/h3-12,15H,13-14H2,1-2H3,(H,26,29)(H,27,33). The Hall–Kier alpha value is -3.91. The van der Waals surface area contributed by atoms with Gasteiger partial charge < -0.3 is 19.8 Å². The van der Waals surface area contributed by atoms with Crippen LogP contribution >= 0.6 is 12.2 Å². The van der Waals surface area contributed by atoms with Crippen LogP contribution in [0.2, 0.25) is 0 Å². The molecule has 1 amide bonds. The topological polar surface area (TPSA) is 85.4 Å². The third-order valence-electron chi connectivity index (χ3n) is 5.34. The smallest absolute Gasteiger partial charge is 0.266 e.